The van der Waals surface area contributed by atoms with Gasteiger partial charge in [-0.2, -0.15) is 0 Å². The smallest absolute Gasteiger partial charge is 0.328 e. The Hall–Kier alpha value is -3.09. The molecule has 1 fully saturated rings. The third-order valence-corrected chi connectivity index (χ3v) is 4.35. The van der Waals surface area contributed by atoms with Gasteiger partial charge in [0.15, 0.2) is 0 Å². The van der Waals surface area contributed by atoms with Crippen molar-refractivity contribution in [1.82, 2.24) is 9.88 Å². The van der Waals surface area contributed by atoms with Crippen molar-refractivity contribution < 1.29 is 19.8 Å². The zero-order valence-electron chi connectivity index (χ0n) is 17.7. The number of carbonyl (C=O) groups is 2. The molecule has 2 N–H and O–H groups in total. The Bertz CT molecular complexity index is 683. The number of terminal acetylenes is 2. The summed E-state index contributed by atoms with van der Waals surface area (Å²) in [6, 6.07) is 4.79. The molecule has 0 aliphatic carbocycles. The molecule has 1 unspecified atom stereocenters. The molecule has 0 bridgehead atoms. The number of pyridine rings is 1. The van der Waals surface area contributed by atoms with Gasteiger partial charge in [-0.3, -0.25) is 9.88 Å². The molecule has 1 aliphatic rings. The molecule has 2 heterocycles. The number of hydrogen-bond acceptors (Lipinski definition) is 4. The van der Waals surface area contributed by atoms with Crippen LogP contribution in [0.1, 0.15) is 63.0 Å². The maximum Gasteiger partial charge on any atom is 0.328 e. The van der Waals surface area contributed by atoms with Crippen LogP contribution in [-0.4, -0.2) is 45.6 Å². The molecule has 162 valence electrons. The first-order chi connectivity index (χ1) is 14.4. The quantitative estimate of drug-likeness (QED) is 0.379. The highest BCUT2D eigenvalue weighted by atomic mass is 16.4. The van der Waals surface area contributed by atoms with Gasteiger partial charge in [0, 0.05) is 43.4 Å². The molecule has 6 heteroatoms. The number of nitrogens with zero attached hydrogens (tertiary/aromatic N) is 2. The van der Waals surface area contributed by atoms with Gasteiger partial charge in [-0.15, -0.1) is 24.7 Å². The summed E-state index contributed by atoms with van der Waals surface area (Å²) >= 11 is 0. The van der Waals surface area contributed by atoms with Gasteiger partial charge < -0.3 is 10.2 Å². The van der Waals surface area contributed by atoms with Crippen molar-refractivity contribution >= 4 is 11.9 Å². The Labute approximate surface area is 180 Å². The molecule has 0 aromatic carbocycles. The SMILES string of the molecule is C#CCCCCCCC#C.CN1CCCC1c1cccnc1.O=C(O)C=CC(=O)O. The van der Waals surface area contributed by atoms with E-state index in [-0.39, 0.29) is 0 Å². The standard InChI is InChI=1S/C10H14N2.C10H14.C4H4O4/c1-12-7-3-5-10(12)9-4-2-6-11-8-9;1-3-5-7-9-10-8-6-4-2;5-3(6)1-2-4(7)8/h2,4,6,8,10H,3,5,7H2,1H3;1-2H,5-10H2;1-2H,(H,5,6)(H,7,8). The second-order valence-electron chi connectivity index (χ2n) is 6.76. The average molecular weight is 413 g/mol. The number of unbranched alkanes of at least 4 members (excludes halogenated alkanes) is 5. The monoisotopic (exact) mass is 412 g/mol. The molecule has 0 spiro atoms. The largest absolute Gasteiger partial charge is 0.478 e. The summed E-state index contributed by atoms with van der Waals surface area (Å²) in [5.74, 6) is 2.72. The van der Waals surface area contributed by atoms with Gasteiger partial charge in [-0.25, -0.2) is 9.59 Å². The van der Waals surface area contributed by atoms with Crippen molar-refractivity contribution in [2.45, 2.75) is 57.4 Å². The van der Waals surface area contributed by atoms with E-state index in [1.165, 1.54) is 37.8 Å². The van der Waals surface area contributed by atoms with E-state index in [1.54, 1.807) is 0 Å². The van der Waals surface area contributed by atoms with Crippen molar-refractivity contribution in [3.8, 4) is 24.7 Å². The van der Waals surface area contributed by atoms with E-state index in [1.807, 2.05) is 18.5 Å². The molecular formula is C24H32N2O4. The van der Waals surface area contributed by atoms with E-state index in [2.05, 4.69) is 34.8 Å². The highest BCUT2D eigenvalue weighted by Crippen LogP contribution is 2.29. The number of aliphatic carboxylic acids is 2. The molecule has 6 nitrogen and oxygen atoms in total. The first-order valence-electron chi connectivity index (χ1n) is 10.0. The number of hydrogen-bond donors (Lipinski definition) is 2. The predicted octanol–water partition coefficient (Wildman–Crippen LogP) is 4.15. The van der Waals surface area contributed by atoms with Gasteiger partial charge in [0.25, 0.3) is 0 Å². The van der Waals surface area contributed by atoms with Crippen molar-refractivity contribution in [1.29, 1.82) is 0 Å². The topological polar surface area (TPSA) is 90.7 Å². The van der Waals surface area contributed by atoms with Crippen LogP contribution in [0, 0.1) is 24.7 Å². The number of aromatic nitrogens is 1. The highest BCUT2D eigenvalue weighted by Gasteiger charge is 2.21. The zero-order valence-corrected chi connectivity index (χ0v) is 17.7. The van der Waals surface area contributed by atoms with Gasteiger partial charge in [0.2, 0.25) is 0 Å². The Morgan fingerprint density at radius 3 is 2.07 bits per heavy atom. The normalized spacial score (nSPS) is 15.1. The van der Waals surface area contributed by atoms with Gasteiger partial charge in [0.05, 0.1) is 0 Å². The summed E-state index contributed by atoms with van der Waals surface area (Å²) in [6.07, 6.45) is 24.3. The Morgan fingerprint density at radius 1 is 1.13 bits per heavy atom. The lowest BCUT2D eigenvalue weighted by Gasteiger charge is -2.18. The van der Waals surface area contributed by atoms with Crippen LogP contribution >= 0.6 is 0 Å². The number of rotatable bonds is 8. The first kappa shape index (κ1) is 26.9. The van der Waals surface area contributed by atoms with Crippen LogP contribution in [0.3, 0.4) is 0 Å². The van der Waals surface area contributed by atoms with Crippen LogP contribution in [0.25, 0.3) is 0 Å². The summed E-state index contributed by atoms with van der Waals surface area (Å²) in [5, 5.41) is 15.6. The van der Waals surface area contributed by atoms with E-state index >= 15 is 0 Å². The minimum atomic E-state index is -1.26. The summed E-state index contributed by atoms with van der Waals surface area (Å²) < 4.78 is 0. The summed E-state index contributed by atoms with van der Waals surface area (Å²) in [4.78, 5) is 25.6. The second-order valence-corrected chi connectivity index (χ2v) is 6.76. The van der Waals surface area contributed by atoms with Crippen molar-refractivity contribution in [2.24, 2.45) is 0 Å². The van der Waals surface area contributed by atoms with Gasteiger partial charge in [0.1, 0.15) is 0 Å². The fraction of sp³-hybridized carbons (Fsp3) is 0.458. The molecule has 0 amide bonds. The van der Waals surface area contributed by atoms with E-state index in [0.717, 1.165) is 25.7 Å². The number of likely N-dealkylation sites (tertiary alicyclic amines) is 1. The van der Waals surface area contributed by atoms with Crippen LogP contribution in [0.5, 0.6) is 0 Å². The van der Waals surface area contributed by atoms with Crippen molar-refractivity contribution in [2.75, 3.05) is 13.6 Å². The van der Waals surface area contributed by atoms with E-state index in [4.69, 9.17) is 23.1 Å². The highest BCUT2D eigenvalue weighted by molar-refractivity contribution is 5.89. The Balaban J connectivity index is 0.000000432. The van der Waals surface area contributed by atoms with E-state index < -0.39 is 11.9 Å². The molecule has 2 rings (SSSR count). The van der Waals surface area contributed by atoms with E-state index in [0.29, 0.717) is 18.2 Å². The minimum Gasteiger partial charge on any atom is -0.478 e. The summed E-state index contributed by atoms with van der Waals surface area (Å²) in [7, 11) is 2.19. The molecule has 0 radical (unpaired) electrons. The number of carboxylic acid groups (broad SMARTS) is 2. The molecule has 30 heavy (non-hydrogen) atoms. The molecule has 1 aromatic rings. The second kappa shape index (κ2) is 18.0. The first-order valence-corrected chi connectivity index (χ1v) is 10.0. The molecule has 1 atom stereocenters. The molecule has 1 aliphatic heterocycles. The minimum absolute atomic E-state index is 0.558. The van der Waals surface area contributed by atoms with Crippen LogP contribution in [0.15, 0.2) is 36.7 Å². The fourth-order valence-electron chi connectivity index (χ4n) is 2.85. The average Bonchev–Trinajstić information content (AvgIpc) is 3.17. The Morgan fingerprint density at radius 2 is 1.70 bits per heavy atom. The summed E-state index contributed by atoms with van der Waals surface area (Å²) in [6.45, 7) is 1.22. The van der Waals surface area contributed by atoms with Crippen LogP contribution in [-0.2, 0) is 9.59 Å². The zero-order chi connectivity index (χ0) is 22.6. The third-order valence-electron chi connectivity index (χ3n) is 4.35. The fourth-order valence-corrected chi connectivity index (χ4v) is 2.85. The van der Waals surface area contributed by atoms with Crippen molar-refractivity contribution in [3.63, 3.8) is 0 Å². The van der Waals surface area contributed by atoms with Crippen LogP contribution < -0.4 is 0 Å². The van der Waals surface area contributed by atoms with Crippen molar-refractivity contribution in [3.05, 3.63) is 42.2 Å². The lowest BCUT2D eigenvalue weighted by Crippen LogP contribution is -2.17. The lowest BCUT2D eigenvalue weighted by atomic mass is 10.1. The Kier molecular flexibility index (Phi) is 16.1. The van der Waals surface area contributed by atoms with Crippen LogP contribution in [0.2, 0.25) is 0 Å². The molecular weight excluding hydrogens is 380 g/mol. The van der Waals surface area contributed by atoms with Gasteiger partial charge in [-0.1, -0.05) is 18.9 Å². The molecule has 0 saturated carbocycles. The maximum absolute atomic E-state index is 9.55. The molecule has 1 saturated heterocycles. The van der Waals surface area contributed by atoms with E-state index in [9.17, 15) is 9.59 Å². The third kappa shape index (κ3) is 14.9. The van der Waals surface area contributed by atoms with Gasteiger partial charge >= 0.3 is 11.9 Å². The predicted molar refractivity (Wildman–Crippen MR) is 119 cm³/mol. The lowest BCUT2D eigenvalue weighted by molar-refractivity contribution is -0.134. The van der Waals surface area contributed by atoms with Gasteiger partial charge in [-0.05, 0) is 50.9 Å². The van der Waals surface area contributed by atoms with Crippen LogP contribution in [0.4, 0.5) is 0 Å². The number of carboxylic acids is 2. The maximum atomic E-state index is 9.55. The summed E-state index contributed by atoms with van der Waals surface area (Å²) in [5.41, 5.74) is 1.36. The molecule has 1 aromatic heterocycles.